The van der Waals surface area contributed by atoms with Crippen LogP contribution in [0.1, 0.15) is 87.8 Å². The summed E-state index contributed by atoms with van der Waals surface area (Å²) in [4.78, 5) is 27.0. The first kappa shape index (κ1) is 21.4. The molecule has 4 rings (SSSR count). The molecule has 1 spiro atoms. The molecule has 1 aromatic carbocycles. The molecule has 2 amide bonds. The third kappa shape index (κ3) is 3.78. The lowest BCUT2D eigenvalue weighted by Gasteiger charge is -2.54. The standard InChI is InChI=1S/C26H38N2O2/c1-5-23(29)27-26(6-2)16-21(17-26)24(30)28-12-10-25(11-13-28)14-20(15-25)22-9-7-8-18(3)19(22)4/h7-9,20-21H,5-6,10-17H2,1-4H3,(H,27,29)/t21-,26+. The summed E-state index contributed by atoms with van der Waals surface area (Å²) in [6.45, 7) is 10.3. The Balaban J connectivity index is 1.27. The molecule has 30 heavy (non-hydrogen) atoms. The molecule has 4 heteroatoms. The van der Waals surface area contributed by atoms with Gasteiger partial charge in [-0.25, -0.2) is 0 Å². The van der Waals surface area contributed by atoms with Crippen LogP contribution in [0.5, 0.6) is 0 Å². The van der Waals surface area contributed by atoms with Crippen LogP contribution < -0.4 is 5.32 Å². The fourth-order valence-electron chi connectivity index (χ4n) is 6.21. The number of aryl methyl sites for hydroxylation is 1. The van der Waals surface area contributed by atoms with Crippen molar-refractivity contribution in [2.75, 3.05) is 13.1 Å². The lowest BCUT2D eigenvalue weighted by atomic mass is 9.55. The van der Waals surface area contributed by atoms with Crippen LogP contribution in [0.25, 0.3) is 0 Å². The Morgan fingerprint density at radius 1 is 1.07 bits per heavy atom. The predicted molar refractivity (Wildman–Crippen MR) is 120 cm³/mol. The third-order valence-corrected chi connectivity index (χ3v) is 8.61. The highest BCUT2D eigenvalue weighted by Crippen LogP contribution is 2.57. The molecular formula is C26H38N2O2. The molecule has 2 saturated carbocycles. The van der Waals surface area contributed by atoms with Crippen LogP contribution >= 0.6 is 0 Å². The Hall–Kier alpha value is -1.84. The van der Waals surface area contributed by atoms with E-state index >= 15 is 0 Å². The number of benzene rings is 1. The second kappa shape index (κ2) is 8.01. The lowest BCUT2D eigenvalue weighted by molar-refractivity contribution is -0.146. The smallest absolute Gasteiger partial charge is 0.225 e. The van der Waals surface area contributed by atoms with Crippen molar-refractivity contribution in [3.05, 3.63) is 34.9 Å². The van der Waals surface area contributed by atoms with Gasteiger partial charge in [0.15, 0.2) is 0 Å². The SMILES string of the molecule is CCC(=O)N[C@]1(CC)C[C@H](C(=O)N2CCC3(CC2)CC(c2cccc(C)c2C)C3)C1. The highest BCUT2D eigenvalue weighted by molar-refractivity contribution is 5.82. The van der Waals surface area contributed by atoms with Gasteiger partial charge in [-0.05, 0) is 86.8 Å². The summed E-state index contributed by atoms with van der Waals surface area (Å²) < 4.78 is 0. The number of nitrogens with zero attached hydrogens (tertiary/aromatic N) is 1. The van der Waals surface area contributed by atoms with E-state index in [1.807, 2.05) is 6.92 Å². The van der Waals surface area contributed by atoms with E-state index in [4.69, 9.17) is 0 Å². The normalized spacial score (nSPS) is 28.0. The number of nitrogens with one attached hydrogen (secondary N) is 1. The van der Waals surface area contributed by atoms with Gasteiger partial charge in [0, 0.05) is 31.0 Å². The largest absolute Gasteiger partial charge is 0.351 e. The van der Waals surface area contributed by atoms with Crippen molar-refractivity contribution in [1.29, 1.82) is 0 Å². The van der Waals surface area contributed by atoms with Gasteiger partial charge in [-0.1, -0.05) is 32.0 Å². The zero-order valence-corrected chi connectivity index (χ0v) is 19.2. The number of hydrogen-bond acceptors (Lipinski definition) is 2. The van der Waals surface area contributed by atoms with Gasteiger partial charge in [-0.3, -0.25) is 9.59 Å². The number of carbonyl (C=O) groups excluding carboxylic acids is 2. The van der Waals surface area contributed by atoms with E-state index in [2.05, 4.69) is 49.2 Å². The molecule has 3 fully saturated rings. The average molecular weight is 411 g/mol. The van der Waals surface area contributed by atoms with Gasteiger partial charge in [0.1, 0.15) is 0 Å². The minimum absolute atomic E-state index is 0.0974. The maximum atomic E-state index is 13.0. The molecule has 1 saturated heterocycles. The number of carbonyl (C=O) groups is 2. The predicted octanol–water partition coefficient (Wildman–Crippen LogP) is 4.87. The summed E-state index contributed by atoms with van der Waals surface area (Å²) in [5.41, 5.74) is 4.72. The zero-order chi connectivity index (χ0) is 21.5. The maximum absolute atomic E-state index is 13.0. The molecular weight excluding hydrogens is 372 g/mol. The molecule has 2 aliphatic carbocycles. The van der Waals surface area contributed by atoms with E-state index in [9.17, 15) is 9.59 Å². The van der Waals surface area contributed by atoms with E-state index in [1.165, 1.54) is 24.0 Å². The van der Waals surface area contributed by atoms with Crippen LogP contribution in [0.15, 0.2) is 18.2 Å². The second-order valence-electron chi connectivity index (χ2n) is 10.4. The van der Waals surface area contributed by atoms with Crippen LogP contribution in [0.4, 0.5) is 0 Å². The van der Waals surface area contributed by atoms with Gasteiger partial charge in [-0.2, -0.15) is 0 Å². The van der Waals surface area contributed by atoms with E-state index < -0.39 is 0 Å². The summed E-state index contributed by atoms with van der Waals surface area (Å²) in [5, 5.41) is 3.17. The molecule has 4 nitrogen and oxygen atoms in total. The number of piperidine rings is 1. The topological polar surface area (TPSA) is 49.4 Å². The molecule has 1 aromatic rings. The summed E-state index contributed by atoms with van der Waals surface area (Å²) in [6.07, 6.45) is 7.91. The maximum Gasteiger partial charge on any atom is 0.225 e. The number of rotatable bonds is 5. The van der Waals surface area contributed by atoms with Gasteiger partial charge < -0.3 is 10.2 Å². The van der Waals surface area contributed by atoms with Crippen LogP contribution in [0, 0.1) is 25.2 Å². The molecule has 0 unspecified atom stereocenters. The third-order valence-electron chi connectivity index (χ3n) is 8.61. The molecule has 164 valence electrons. The van der Waals surface area contributed by atoms with Crippen molar-refractivity contribution in [2.24, 2.45) is 11.3 Å². The minimum atomic E-state index is -0.142. The van der Waals surface area contributed by atoms with Gasteiger partial charge in [-0.15, -0.1) is 0 Å². The van der Waals surface area contributed by atoms with Crippen molar-refractivity contribution in [1.82, 2.24) is 10.2 Å². The lowest BCUT2D eigenvalue weighted by Crippen LogP contribution is -2.61. The van der Waals surface area contributed by atoms with Gasteiger partial charge >= 0.3 is 0 Å². The molecule has 1 heterocycles. The van der Waals surface area contributed by atoms with E-state index in [0.717, 1.165) is 45.2 Å². The average Bonchev–Trinajstić information content (AvgIpc) is 2.70. The molecule has 1 aliphatic heterocycles. The summed E-state index contributed by atoms with van der Waals surface area (Å²) >= 11 is 0. The Morgan fingerprint density at radius 3 is 2.33 bits per heavy atom. The molecule has 0 aromatic heterocycles. The summed E-state index contributed by atoms with van der Waals surface area (Å²) in [5.74, 6) is 1.22. The molecule has 1 N–H and O–H groups in total. The Labute approximate surface area is 181 Å². The van der Waals surface area contributed by atoms with E-state index in [0.29, 0.717) is 23.7 Å². The molecule has 3 aliphatic rings. The van der Waals surface area contributed by atoms with Crippen molar-refractivity contribution >= 4 is 11.8 Å². The van der Waals surface area contributed by atoms with Gasteiger partial charge in [0.05, 0.1) is 0 Å². The van der Waals surface area contributed by atoms with Crippen molar-refractivity contribution in [3.8, 4) is 0 Å². The number of likely N-dealkylation sites (tertiary alicyclic amines) is 1. The molecule has 0 atom stereocenters. The number of hydrogen-bond donors (Lipinski definition) is 1. The Morgan fingerprint density at radius 2 is 1.73 bits per heavy atom. The fraction of sp³-hybridized carbons (Fsp3) is 0.692. The minimum Gasteiger partial charge on any atom is -0.351 e. The summed E-state index contributed by atoms with van der Waals surface area (Å²) in [6, 6.07) is 6.72. The monoisotopic (exact) mass is 410 g/mol. The summed E-state index contributed by atoms with van der Waals surface area (Å²) in [7, 11) is 0. The highest BCUT2D eigenvalue weighted by Gasteiger charge is 2.51. The molecule has 0 bridgehead atoms. The van der Waals surface area contributed by atoms with Crippen molar-refractivity contribution < 1.29 is 9.59 Å². The first-order valence-corrected chi connectivity index (χ1v) is 12.0. The van der Waals surface area contributed by atoms with E-state index in [-0.39, 0.29) is 17.4 Å². The van der Waals surface area contributed by atoms with Gasteiger partial charge in [0.2, 0.25) is 11.8 Å². The second-order valence-corrected chi connectivity index (χ2v) is 10.4. The van der Waals surface area contributed by atoms with Crippen molar-refractivity contribution in [3.63, 3.8) is 0 Å². The number of amides is 2. The van der Waals surface area contributed by atoms with Crippen LogP contribution in [-0.2, 0) is 9.59 Å². The van der Waals surface area contributed by atoms with Crippen LogP contribution in [-0.4, -0.2) is 35.3 Å². The quantitative estimate of drug-likeness (QED) is 0.752. The Kier molecular flexibility index (Phi) is 5.71. The zero-order valence-electron chi connectivity index (χ0n) is 19.2. The molecule has 0 radical (unpaired) electrons. The van der Waals surface area contributed by atoms with E-state index in [1.54, 1.807) is 5.56 Å². The fourth-order valence-corrected chi connectivity index (χ4v) is 6.21. The Bertz CT molecular complexity index is 808. The van der Waals surface area contributed by atoms with Gasteiger partial charge in [0.25, 0.3) is 0 Å². The van der Waals surface area contributed by atoms with Crippen LogP contribution in [0.3, 0.4) is 0 Å². The van der Waals surface area contributed by atoms with Crippen LogP contribution in [0.2, 0.25) is 0 Å². The first-order valence-electron chi connectivity index (χ1n) is 12.0. The highest BCUT2D eigenvalue weighted by atomic mass is 16.2. The first-order chi connectivity index (χ1) is 14.3. The van der Waals surface area contributed by atoms with Crippen molar-refractivity contribution in [2.45, 2.75) is 90.5 Å².